The Hall–Kier alpha value is -1.86. The van der Waals surface area contributed by atoms with E-state index in [0.29, 0.717) is 17.6 Å². The van der Waals surface area contributed by atoms with Gasteiger partial charge in [0, 0.05) is 19.2 Å². The van der Waals surface area contributed by atoms with E-state index in [-0.39, 0.29) is 0 Å². The lowest BCUT2D eigenvalue weighted by Crippen LogP contribution is -2.04. The van der Waals surface area contributed by atoms with Crippen molar-refractivity contribution in [2.24, 2.45) is 12.8 Å². The predicted octanol–water partition coefficient (Wildman–Crippen LogP) is 1.74. The van der Waals surface area contributed by atoms with Crippen LogP contribution in [0.25, 0.3) is 22.4 Å². The van der Waals surface area contributed by atoms with Crippen molar-refractivity contribution < 1.29 is 4.42 Å². The predicted molar refractivity (Wildman–Crippen MR) is 74.6 cm³/mol. The molecule has 0 aliphatic carbocycles. The summed E-state index contributed by atoms with van der Waals surface area (Å²) in [6, 6.07) is 5.45. The molecule has 3 N–H and O–H groups in total. The quantitative estimate of drug-likeness (QED) is 0.752. The number of aryl methyl sites for hydroxylation is 1. The van der Waals surface area contributed by atoms with Crippen LogP contribution in [0.2, 0.25) is 0 Å². The molecule has 0 amide bonds. The standard InChI is InChI=1S/C12H11BrN4O2/c1-17-8(5-14)10(13)11(16-17)6-2-3-7-9(4-6)19-12(18)15-7/h2-4H,5,14H2,1H3,(H,15,18). The third kappa shape index (κ3) is 1.91. The Kier molecular flexibility index (Phi) is 2.79. The molecule has 98 valence electrons. The van der Waals surface area contributed by atoms with Crippen LogP contribution in [0.4, 0.5) is 0 Å². The van der Waals surface area contributed by atoms with Gasteiger partial charge in [-0.15, -0.1) is 0 Å². The van der Waals surface area contributed by atoms with E-state index in [4.69, 9.17) is 10.2 Å². The van der Waals surface area contributed by atoms with E-state index in [1.807, 2.05) is 13.1 Å². The Morgan fingerprint density at radius 3 is 3.00 bits per heavy atom. The van der Waals surface area contributed by atoms with E-state index in [2.05, 4.69) is 26.0 Å². The second-order valence-corrected chi connectivity index (χ2v) is 4.96. The molecule has 3 aromatic rings. The molecule has 0 saturated heterocycles. The zero-order valence-corrected chi connectivity index (χ0v) is 11.7. The van der Waals surface area contributed by atoms with E-state index >= 15 is 0 Å². The first kappa shape index (κ1) is 12.2. The van der Waals surface area contributed by atoms with Gasteiger partial charge in [0.05, 0.1) is 15.7 Å². The highest BCUT2D eigenvalue weighted by atomic mass is 79.9. The molecule has 7 heteroatoms. The molecular weight excluding hydrogens is 312 g/mol. The summed E-state index contributed by atoms with van der Waals surface area (Å²) >= 11 is 3.50. The van der Waals surface area contributed by atoms with Crippen molar-refractivity contribution in [3.8, 4) is 11.3 Å². The highest BCUT2D eigenvalue weighted by molar-refractivity contribution is 9.10. The molecule has 0 aliphatic heterocycles. The number of nitrogens with zero attached hydrogens (tertiary/aromatic N) is 2. The molecule has 0 unspecified atom stereocenters. The van der Waals surface area contributed by atoms with Crippen molar-refractivity contribution in [3.63, 3.8) is 0 Å². The SMILES string of the molecule is Cn1nc(-c2ccc3[nH]c(=O)oc3c2)c(Br)c1CN. The Labute approximate surface area is 116 Å². The minimum absolute atomic E-state index is 0.394. The lowest BCUT2D eigenvalue weighted by atomic mass is 10.1. The molecule has 0 atom stereocenters. The van der Waals surface area contributed by atoms with Crippen LogP contribution in [-0.2, 0) is 13.6 Å². The maximum atomic E-state index is 11.1. The van der Waals surface area contributed by atoms with Gasteiger partial charge in [-0.3, -0.25) is 9.67 Å². The zero-order valence-electron chi connectivity index (χ0n) is 10.1. The third-order valence-corrected chi connectivity index (χ3v) is 3.82. The lowest BCUT2D eigenvalue weighted by Gasteiger charge is -1.97. The van der Waals surface area contributed by atoms with E-state index in [1.54, 1.807) is 16.8 Å². The minimum Gasteiger partial charge on any atom is -0.408 e. The van der Waals surface area contributed by atoms with Crippen molar-refractivity contribution in [1.29, 1.82) is 0 Å². The molecule has 19 heavy (non-hydrogen) atoms. The monoisotopic (exact) mass is 322 g/mol. The Balaban J connectivity index is 2.21. The van der Waals surface area contributed by atoms with Gasteiger partial charge in [-0.2, -0.15) is 5.10 Å². The number of fused-ring (bicyclic) bond motifs is 1. The van der Waals surface area contributed by atoms with Crippen LogP contribution in [0.5, 0.6) is 0 Å². The van der Waals surface area contributed by atoms with Crippen LogP contribution >= 0.6 is 15.9 Å². The fraction of sp³-hybridized carbons (Fsp3) is 0.167. The average molecular weight is 323 g/mol. The number of hydrogen-bond donors (Lipinski definition) is 2. The second-order valence-electron chi connectivity index (χ2n) is 4.16. The second kappa shape index (κ2) is 4.36. The number of halogens is 1. The van der Waals surface area contributed by atoms with Gasteiger partial charge in [-0.1, -0.05) is 6.07 Å². The Morgan fingerprint density at radius 2 is 2.32 bits per heavy atom. The summed E-state index contributed by atoms with van der Waals surface area (Å²) in [6.07, 6.45) is 0. The number of nitrogens with one attached hydrogen (secondary N) is 1. The van der Waals surface area contributed by atoms with Crippen molar-refractivity contribution in [1.82, 2.24) is 14.8 Å². The zero-order chi connectivity index (χ0) is 13.6. The maximum Gasteiger partial charge on any atom is 0.417 e. The number of aromatic amines is 1. The molecule has 2 aromatic heterocycles. The molecule has 0 fully saturated rings. The molecule has 0 bridgehead atoms. The number of H-pyrrole nitrogens is 1. The van der Waals surface area contributed by atoms with Crippen molar-refractivity contribution >= 4 is 27.0 Å². The van der Waals surface area contributed by atoms with Gasteiger partial charge in [0.1, 0.15) is 5.69 Å². The Bertz CT molecular complexity index is 815. The van der Waals surface area contributed by atoms with Crippen LogP contribution in [0.15, 0.2) is 31.9 Å². The highest BCUT2D eigenvalue weighted by Crippen LogP contribution is 2.31. The van der Waals surface area contributed by atoms with Gasteiger partial charge >= 0.3 is 5.76 Å². The normalized spacial score (nSPS) is 11.3. The third-order valence-electron chi connectivity index (χ3n) is 2.99. The first-order valence-corrected chi connectivity index (χ1v) is 6.44. The van der Waals surface area contributed by atoms with E-state index in [9.17, 15) is 4.79 Å². The molecule has 3 rings (SSSR count). The average Bonchev–Trinajstić information content (AvgIpc) is 2.87. The van der Waals surface area contributed by atoms with Gasteiger partial charge in [0.25, 0.3) is 0 Å². The number of nitrogens with two attached hydrogens (primary N) is 1. The molecule has 6 nitrogen and oxygen atoms in total. The fourth-order valence-electron chi connectivity index (χ4n) is 2.03. The number of benzene rings is 1. The summed E-state index contributed by atoms with van der Waals surface area (Å²) in [7, 11) is 1.84. The molecule has 0 saturated carbocycles. The lowest BCUT2D eigenvalue weighted by molar-refractivity contribution is 0.555. The van der Waals surface area contributed by atoms with Gasteiger partial charge in [-0.05, 0) is 28.1 Å². The van der Waals surface area contributed by atoms with E-state index < -0.39 is 5.76 Å². The number of oxazole rings is 1. The molecule has 1 aromatic carbocycles. The summed E-state index contributed by atoms with van der Waals surface area (Å²) in [5.74, 6) is -0.463. The summed E-state index contributed by atoms with van der Waals surface area (Å²) in [5.41, 5.74) is 9.39. The molecule has 2 heterocycles. The van der Waals surface area contributed by atoms with Crippen LogP contribution < -0.4 is 11.5 Å². The van der Waals surface area contributed by atoms with Crippen LogP contribution in [-0.4, -0.2) is 14.8 Å². The smallest absolute Gasteiger partial charge is 0.408 e. The van der Waals surface area contributed by atoms with Gasteiger partial charge in [0.2, 0.25) is 0 Å². The number of hydrogen-bond acceptors (Lipinski definition) is 4. The first-order valence-electron chi connectivity index (χ1n) is 5.65. The molecule has 0 spiro atoms. The van der Waals surface area contributed by atoms with Crippen LogP contribution in [0.1, 0.15) is 5.69 Å². The summed E-state index contributed by atoms with van der Waals surface area (Å²) in [4.78, 5) is 13.7. The molecule has 0 aliphatic rings. The molecular formula is C12H11BrN4O2. The summed E-state index contributed by atoms with van der Waals surface area (Å²) in [6.45, 7) is 0.394. The van der Waals surface area contributed by atoms with E-state index in [1.165, 1.54) is 0 Å². The fourth-order valence-corrected chi connectivity index (χ4v) is 2.76. The maximum absolute atomic E-state index is 11.1. The highest BCUT2D eigenvalue weighted by Gasteiger charge is 2.15. The number of aromatic nitrogens is 3. The van der Waals surface area contributed by atoms with E-state index in [0.717, 1.165) is 21.4 Å². The van der Waals surface area contributed by atoms with Crippen molar-refractivity contribution in [2.45, 2.75) is 6.54 Å². The van der Waals surface area contributed by atoms with Crippen LogP contribution in [0, 0.1) is 0 Å². The van der Waals surface area contributed by atoms with Gasteiger partial charge in [-0.25, -0.2) is 4.79 Å². The first-order chi connectivity index (χ1) is 9.10. The van der Waals surface area contributed by atoms with Crippen molar-refractivity contribution in [3.05, 3.63) is 38.9 Å². The topological polar surface area (TPSA) is 89.8 Å². The largest absolute Gasteiger partial charge is 0.417 e. The van der Waals surface area contributed by atoms with Gasteiger partial charge < -0.3 is 10.2 Å². The van der Waals surface area contributed by atoms with Crippen molar-refractivity contribution in [2.75, 3.05) is 0 Å². The Morgan fingerprint density at radius 1 is 1.53 bits per heavy atom. The minimum atomic E-state index is -0.463. The molecule has 0 radical (unpaired) electrons. The summed E-state index contributed by atoms with van der Waals surface area (Å²) in [5, 5.41) is 4.42. The van der Waals surface area contributed by atoms with Gasteiger partial charge in [0.15, 0.2) is 5.58 Å². The number of rotatable bonds is 2. The van der Waals surface area contributed by atoms with Crippen LogP contribution in [0.3, 0.4) is 0 Å². The summed E-state index contributed by atoms with van der Waals surface area (Å²) < 4.78 is 7.64.